The third-order valence-electron chi connectivity index (χ3n) is 2.96. The van der Waals surface area contributed by atoms with E-state index in [2.05, 4.69) is 4.98 Å². The SMILES string of the molecule is Cc1cnc(COc2cccc(Cl)c2F)c(C)c1N. The first-order valence-corrected chi connectivity index (χ1v) is 6.16. The molecular weight excluding hydrogens is 267 g/mol. The minimum atomic E-state index is -0.568. The van der Waals surface area contributed by atoms with E-state index in [9.17, 15) is 4.39 Å². The number of rotatable bonds is 3. The Hall–Kier alpha value is -1.81. The minimum Gasteiger partial charge on any atom is -0.484 e. The number of anilines is 1. The number of nitrogen functional groups attached to an aromatic ring is 1. The molecule has 0 spiro atoms. The number of aryl methyl sites for hydroxylation is 1. The average molecular weight is 281 g/mol. The van der Waals surface area contributed by atoms with E-state index in [4.69, 9.17) is 22.1 Å². The predicted octanol–water partition coefficient (Wildman–Crippen LogP) is 3.65. The third-order valence-corrected chi connectivity index (χ3v) is 3.25. The van der Waals surface area contributed by atoms with Crippen LogP contribution in [0.15, 0.2) is 24.4 Å². The lowest BCUT2D eigenvalue weighted by Crippen LogP contribution is -2.06. The topological polar surface area (TPSA) is 48.1 Å². The number of aromatic nitrogens is 1. The molecule has 1 heterocycles. The third kappa shape index (κ3) is 2.79. The van der Waals surface area contributed by atoms with Gasteiger partial charge in [0.25, 0.3) is 0 Å². The summed E-state index contributed by atoms with van der Waals surface area (Å²) in [5.74, 6) is -0.463. The molecule has 3 nitrogen and oxygen atoms in total. The fourth-order valence-corrected chi connectivity index (χ4v) is 1.85. The van der Waals surface area contributed by atoms with Crippen LogP contribution >= 0.6 is 11.6 Å². The van der Waals surface area contributed by atoms with Crippen LogP contribution in [0.5, 0.6) is 5.75 Å². The van der Waals surface area contributed by atoms with Gasteiger partial charge < -0.3 is 10.5 Å². The van der Waals surface area contributed by atoms with Crippen molar-refractivity contribution >= 4 is 17.3 Å². The van der Waals surface area contributed by atoms with E-state index in [-0.39, 0.29) is 17.4 Å². The molecule has 0 unspecified atom stereocenters. The summed E-state index contributed by atoms with van der Waals surface area (Å²) in [5.41, 5.74) is 9.04. The summed E-state index contributed by atoms with van der Waals surface area (Å²) in [6.45, 7) is 3.90. The summed E-state index contributed by atoms with van der Waals surface area (Å²) in [6, 6.07) is 4.62. The number of benzene rings is 1. The van der Waals surface area contributed by atoms with Gasteiger partial charge in [0, 0.05) is 11.9 Å². The Morgan fingerprint density at radius 3 is 2.84 bits per heavy atom. The molecule has 1 aromatic heterocycles. The maximum Gasteiger partial charge on any atom is 0.183 e. The molecule has 0 radical (unpaired) electrons. The molecule has 2 N–H and O–H groups in total. The van der Waals surface area contributed by atoms with Gasteiger partial charge in [0.05, 0.1) is 10.7 Å². The van der Waals surface area contributed by atoms with Gasteiger partial charge in [-0.05, 0) is 37.1 Å². The first kappa shape index (κ1) is 13.6. The lowest BCUT2D eigenvalue weighted by atomic mass is 10.1. The Kier molecular flexibility index (Phi) is 3.90. The molecule has 2 aromatic rings. The molecule has 0 atom stereocenters. The second-order valence-electron chi connectivity index (χ2n) is 4.27. The van der Waals surface area contributed by atoms with Gasteiger partial charge in [0.15, 0.2) is 11.6 Å². The van der Waals surface area contributed by atoms with E-state index in [0.29, 0.717) is 11.4 Å². The van der Waals surface area contributed by atoms with Gasteiger partial charge in [0.1, 0.15) is 6.61 Å². The molecule has 0 saturated carbocycles. The number of ether oxygens (including phenoxy) is 1. The van der Waals surface area contributed by atoms with Crippen molar-refractivity contribution in [2.45, 2.75) is 20.5 Å². The van der Waals surface area contributed by atoms with E-state index in [1.807, 2.05) is 13.8 Å². The molecule has 100 valence electrons. The van der Waals surface area contributed by atoms with Gasteiger partial charge in [-0.15, -0.1) is 0 Å². The first-order chi connectivity index (χ1) is 9.00. The quantitative estimate of drug-likeness (QED) is 0.933. The summed E-state index contributed by atoms with van der Waals surface area (Å²) in [7, 11) is 0. The number of halogens is 2. The van der Waals surface area contributed by atoms with Crippen LogP contribution in [0.3, 0.4) is 0 Å². The lowest BCUT2D eigenvalue weighted by Gasteiger charge is -2.11. The van der Waals surface area contributed by atoms with Crippen molar-refractivity contribution in [3.05, 3.63) is 52.1 Å². The van der Waals surface area contributed by atoms with Crippen molar-refractivity contribution in [2.24, 2.45) is 0 Å². The fourth-order valence-electron chi connectivity index (χ4n) is 1.68. The van der Waals surface area contributed by atoms with E-state index < -0.39 is 5.82 Å². The second-order valence-corrected chi connectivity index (χ2v) is 4.67. The van der Waals surface area contributed by atoms with Crippen molar-refractivity contribution < 1.29 is 9.13 Å². The zero-order valence-corrected chi connectivity index (χ0v) is 11.5. The number of nitrogens with two attached hydrogens (primary N) is 1. The monoisotopic (exact) mass is 280 g/mol. The molecule has 19 heavy (non-hydrogen) atoms. The summed E-state index contributed by atoms with van der Waals surface area (Å²) in [6.07, 6.45) is 1.68. The van der Waals surface area contributed by atoms with Crippen LogP contribution in [0.4, 0.5) is 10.1 Å². The molecule has 2 rings (SSSR count). The maximum atomic E-state index is 13.6. The molecule has 1 aromatic carbocycles. The van der Waals surface area contributed by atoms with Crippen LogP contribution in [0.2, 0.25) is 5.02 Å². The normalized spacial score (nSPS) is 10.5. The number of hydrogen-bond acceptors (Lipinski definition) is 3. The highest BCUT2D eigenvalue weighted by molar-refractivity contribution is 6.30. The molecule has 0 bridgehead atoms. The van der Waals surface area contributed by atoms with Crippen LogP contribution in [0.1, 0.15) is 16.8 Å². The van der Waals surface area contributed by atoms with Gasteiger partial charge in [0.2, 0.25) is 0 Å². The van der Waals surface area contributed by atoms with E-state index in [0.717, 1.165) is 11.1 Å². The number of hydrogen-bond donors (Lipinski definition) is 1. The van der Waals surface area contributed by atoms with Crippen LogP contribution in [-0.4, -0.2) is 4.98 Å². The van der Waals surface area contributed by atoms with E-state index >= 15 is 0 Å². The van der Waals surface area contributed by atoms with Crippen LogP contribution in [-0.2, 0) is 6.61 Å². The standard InChI is InChI=1S/C14H14ClFN2O/c1-8-6-18-11(9(2)14(8)17)7-19-12-5-3-4-10(15)13(12)16/h3-6H,7H2,1-2H3,(H2,17,18). The molecule has 5 heteroatoms. The molecule has 0 fully saturated rings. The zero-order valence-electron chi connectivity index (χ0n) is 10.7. The highest BCUT2D eigenvalue weighted by Gasteiger charge is 2.10. The van der Waals surface area contributed by atoms with Crippen LogP contribution in [0, 0.1) is 19.7 Å². The Morgan fingerprint density at radius 1 is 1.37 bits per heavy atom. The van der Waals surface area contributed by atoms with Gasteiger partial charge in [-0.1, -0.05) is 17.7 Å². The lowest BCUT2D eigenvalue weighted by molar-refractivity contribution is 0.285. The largest absolute Gasteiger partial charge is 0.484 e. The molecule has 0 aliphatic carbocycles. The summed E-state index contributed by atoms with van der Waals surface area (Å²) < 4.78 is 19.0. The van der Waals surface area contributed by atoms with Gasteiger partial charge >= 0.3 is 0 Å². The van der Waals surface area contributed by atoms with Crippen molar-refractivity contribution in [1.82, 2.24) is 4.98 Å². The Morgan fingerprint density at radius 2 is 2.11 bits per heavy atom. The highest BCUT2D eigenvalue weighted by Crippen LogP contribution is 2.25. The van der Waals surface area contributed by atoms with Gasteiger partial charge in [-0.2, -0.15) is 0 Å². The number of nitrogens with zero attached hydrogens (tertiary/aromatic N) is 1. The smallest absolute Gasteiger partial charge is 0.183 e. The van der Waals surface area contributed by atoms with Gasteiger partial charge in [-0.25, -0.2) is 4.39 Å². The minimum absolute atomic E-state index is 0.0330. The summed E-state index contributed by atoms with van der Waals surface area (Å²) in [4.78, 5) is 4.25. The van der Waals surface area contributed by atoms with E-state index in [1.165, 1.54) is 12.1 Å². The van der Waals surface area contributed by atoms with Crippen molar-refractivity contribution in [1.29, 1.82) is 0 Å². The predicted molar refractivity (Wildman–Crippen MR) is 73.9 cm³/mol. The van der Waals surface area contributed by atoms with E-state index in [1.54, 1.807) is 12.3 Å². The van der Waals surface area contributed by atoms with Crippen LogP contribution in [0.25, 0.3) is 0 Å². The second kappa shape index (κ2) is 5.45. The molecule has 0 aliphatic heterocycles. The molecule has 0 aliphatic rings. The van der Waals surface area contributed by atoms with Crippen molar-refractivity contribution in [3.8, 4) is 5.75 Å². The van der Waals surface area contributed by atoms with Crippen molar-refractivity contribution in [3.63, 3.8) is 0 Å². The summed E-state index contributed by atoms with van der Waals surface area (Å²) >= 11 is 5.68. The maximum absolute atomic E-state index is 13.6. The Labute approximate surface area is 116 Å². The Balaban J connectivity index is 2.20. The molecule has 0 amide bonds. The van der Waals surface area contributed by atoms with Gasteiger partial charge in [-0.3, -0.25) is 4.98 Å². The van der Waals surface area contributed by atoms with Crippen LogP contribution < -0.4 is 10.5 Å². The first-order valence-electron chi connectivity index (χ1n) is 5.78. The summed E-state index contributed by atoms with van der Waals surface area (Å²) in [5, 5.41) is 0.0330. The fraction of sp³-hybridized carbons (Fsp3) is 0.214. The number of pyridine rings is 1. The van der Waals surface area contributed by atoms with Crippen molar-refractivity contribution in [2.75, 3.05) is 5.73 Å². The average Bonchev–Trinajstić information content (AvgIpc) is 2.40. The Bertz CT molecular complexity index is 617. The molecule has 0 saturated heterocycles. The highest BCUT2D eigenvalue weighted by atomic mass is 35.5. The molecular formula is C14H14ClFN2O. The zero-order chi connectivity index (χ0) is 14.0.